The molecule has 94 valence electrons. The molecule has 6 heteroatoms. The third kappa shape index (κ3) is 3.79. The highest BCUT2D eigenvalue weighted by molar-refractivity contribution is 14.1. The SMILES string of the molecule is CCN(CC)C(=O)C(C)Nc1ncncc1I. The van der Waals surface area contributed by atoms with Crippen LogP contribution < -0.4 is 5.32 Å². The van der Waals surface area contributed by atoms with Crippen molar-refractivity contribution in [1.29, 1.82) is 0 Å². The maximum atomic E-state index is 12.0. The molecule has 1 heterocycles. The number of carbonyl (C=O) groups excluding carboxylic acids is 1. The summed E-state index contributed by atoms with van der Waals surface area (Å²) < 4.78 is 0.907. The van der Waals surface area contributed by atoms with Crippen LogP contribution in [0.15, 0.2) is 12.5 Å². The summed E-state index contributed by atoms with van der Waals surface area (Å²) in [6.45, 7) is 7.24. The standard InChI is InChI=1S/C11H17IN4O/c1-4-16(5-2)11(17)8(3)15-10-9(12)6-13-7-14-10/h6-8H,4-5H2,1-3H3,(H,13,14,15). The van der Waals surface area contributed by atoms with Crippen LogP contribution >= 0.6 is 22.6 Å². The molecule has 0 fully saturated rings. The van der Waals surface area contributed by atoms with Crippen LogP contribution in [-0.4, -0.2) is 39.9 Å². The van der Waals surface area contributed by atoms with E-state index in [9.17, 15) is 4.79 Å². The summed E-state index contributed by atoms with van der Waals surface area (Å²) in [6, 6.07) is -0.279. The van der Waals surface area contributed by atoms with Gasteiger partial charge in [0.05, 0.1) is 3.57 Å². The Hall–Kier alpha value is -0.920. The molecule has 5 nitrogen and oxygen atoms in total. The van der Waals surface area contributed by atoms with Crippen molar-refractivity contribution >= 4 is 34.3 Å². The van der Waals surface area contributed by atoms with Crippen LogP contribution in [-0.2, 0) is 4.79 Å². The second-order valence-electron chi connectivity index (χ2n) is 3.60. The molecule has 1 amide bonds. The molecule has 0 radical (unpaired) electrons. The molecule has 0 aliphatic heterocycles. The second-order valence-corrected chi connectivity index (χ2v) is 4.76. The molecule has 1 unspecified atom stereocenters. The summed E-state index contributed by atoms with van der Waals surface area (Å²) in [5.41, 5.74) is 0. The molecule has 0 saturated carbocycles. The average Bonchev–Trinajstić information content (AvgIpc) is 2.33. The summed E-state index contributed by atoms with van der Waals surface area (Å²) >= 11 is 2.14. The van der Waals surface area contributed by atoms with E-state index in [-0.39, 0.29) is 11.9 Å². The fraction of sp³-hybridized carbons (Fsp3) is 0.545. The van der Waals surface area contributed by atoms with Crippen molar-refractivity contribution in [1.82, 2.24) is 14.9 Å². The molecule has 0 aliphatic rings. The Bertz CT molecular complexity index is 381. The van der Waals surface area contributed by atoms with Crippen molar-refractivity contribution in [3.05, 3.63) is 16.1 Å². The summed E-state index contributed by atoms with van der Waals surface area (Å²) in [6.07, 6.45) is 3.18. The van der Waals surface area contributed by atoms with Crippen molar-refractivity contribution in [3.63, 3.8) is 0 Å². The average molecular weight is 348 g/mol. The number of aromatic nitrogens is 2. The van der Waals surface area contributed by atoms with Crippen LogP contribution in [0.25, 0.3) is 0 Å². The minimum absolute atomic E-state index is 0.0874. The van der Waals surface area contributed by atoms with E-state index in [0.717, 1.165) is 16.7 Å². The van der Waals surface area contributed by atoms with E-state index >= 15 is 0 Å². The predicted octanol–water partition coefficient (Wildman–Crippen LogP) is 1.75. The fourth-order valence-electron chi connectivity index (χ4n) is 1.49. The van der Waals surface area contributed by atoms with Crippen LogP contribution in [0.2, 0.25) is 0 Å². The zero-order valence-electron chi connectivity index (χ0n) is 10.3. The molecular formula is C11H17IN4O. The summed E-state index contributed by atoms with van der Waals surface area (Å²) in [5, 5.41) is 3.11. The molecule has 0 spiro atoms. The number of halogens is 1. The maximum Gasteiger partial charge on any atom is 0.244 e. The molecule has 1 atom stereocenters. The highest BCUT2D eigenvalue weighted by Crippen LogP contribution is 2.14. The number of nitrogens with zero attached hydrogens (tertiary/aromatic N) is 3. The molecule has 1 N–H and O–H groups in total. The lowest BCUT2D eigenvalue weighted by Crippen LogP contribution is -2.41. The number of nitrogens with one attached hydrogen (secondary N) is 1. The van der Waals surface area contributed by atoms with E-state index in [1.54, 1.807) is 11.1 Å². The van der Waals surface area contributed by atoms with Crippen LogP contribution in [0.1, 0.15) is 20.8 Å². The van der Waals surface area contributed by atoms with Gasteiger partial charge in [0.2, 0.25) is 5.91 Å². The van der Waals surface area contributed by atoms with Crippen LogP contribution in [0, 0.1) is 3.57 Å². The van der Waals surface area contributed by atoms with Crippen LogP contribution in [0.3, 0.4) is 0 Å². The van der Waals surface area contributed by atoms with Crippen molar-refractivity contribution < 1.29 is 4.79 Å². The fourth-order valence-corrected chi connectivity index (χ4v) is 1.95. The Balaban J connectivity index is 2.69. The molecule has 0 aromatic carbocycles. The van der Waals surface area contributed by atoms with Gasteiger partial charge in [-0.25, -0.2) is 9.97 Å². The molecular weight excluding hydrogens is 331 g/mol. The summed E-state index contributed by atoms with van der Waals surface area (Å²) in [4.78, 5) is 21.9. The summed E-state index contributed by atoms with van der Waals surface area (Å²) in [5.74, 6) is 0.790. The summed E-state index contributed by atoms with van der Waals surface area (Å²) in [7, 11) is 0. The number of hydrogen-bond donors (Lipinski definition) is 1. The minimum Gasteiger partial charge on any atom is -0.358 e. The van der Waals surface area contributed by atoms with Gasteiger partial charge in [0.25, 0.3) is 0 Å². The van der Waals surface area contributed by atoms with Gasteiger partial charge in [-0.2, -0.15) is 0 Å². The van der Waals surface area contributed by atoms with Gasteiger partial charge in [-0.15, -0.1) is 0 Å². The molecule has 17 heavy (non-hydrogen) atoms. The smallest absolute Gasteiger partial charge is 0.244 e. The number of hydrogen-bond acceptors (Lipinski definition) is 4. The topological polar surface area (TPSA) is 58.1 Å². The quantitative estimate of drug-likeness (QED) is 0.824. The Morgan fingerprint density at radius 1 is 1.53 bits per heavy atom. The maximum absolute atomic E-state index is 12.0. The lowest BCUT2D eigenvalue weighted by Gasteiger charge is -2.23. The van der Waals surface area contributed by atoms with Crippen LogP contribution in [0.5, 0.6) is 0 Å². The third-order valence-electron chi connectivity index (χ3n) is 2.47. The van der Waals surface area contributed by atoms with Gasteiger partial charge in [0.15, 0.2) is 0 Å². The van der Waals surface area contributed by atoms with Gasteiger partial charge in [-0.3, -0.25) is 4.79 Å². The van der Waals surface area contributed by atoms with Crippen molar-refractivity contribution in [3.8, 4) is 0 Å². The molecule has 0 saturated heterocycles. The van der Waals surface area contributed by atoms with E-state index < -0.39 is 0 Å². The zero-order valence-corrected chi connectivity index (χ0v) is 12.4. The first-order valence-corrected chi connectivity index (χ1v) is 6.68. The first kappa shape index (κ1) is 14.1. The Labute approximate surface area is 115 Å². The zero-order chi connectivity index (χ0) is 12.8. The Morgan fingerprint density at radius 3 is 2.71 bits per heavy atom. The lowest BCUT2D eigenvalue weighted by atomic mass is 10.3. The van der Waals surface area contributed by atoms with Crippen molar-refractivity contribution in [2.45, 2.75) is 26.8 Å². The second kappa shape index (κ2) is 6.73. The van der Waals surface area contributed by atoms with Gasteiger partial charge in [-0.05, 0) is 43.4 Å². The largest absolute Gasteiger partial charge is 0.358 e. The number of amides is 1. The van der Waals surface area contributed by atoms with E-state index in [4.69, 9.17) is 0 Å². The monoisotopic (exact) mass is 348 g/mol. The van der Waals surface area contributed by atoms with E-state index in [0.29, 0.717) is 5.82 Å². The highest BCUT2D eigenvalue weighted by Gasteiger charge is 2.18. The van der Waals surface area contributed by atoms with Gasteiger partial charge in [0, 0.05) is 19.3 Å². The molecule has 1 aromatic heterocycles. The van der Waals surface area contributed by atoms with Crippen molar-refractivity contribution in [2.75, 3.05) is 18.4 Å². The van der Waals surface area contributed by atoms with Gasteiger partial charge in [0.1, 0.15) is 18.2 Å². The normalized spacial score (nSPS) is 12.0. The van der Waals surface area contributed by atoms with Crippen molar-refractivity contribution in [2.24, 2.45) is 0 Å². The first-order chi connectivity index (χ1) is 8.10. The minimum atomic E-state index is -0.279. The Morgan fingerprint density at radius 2 is 2.18 bits per heavy atom. The lowest BCUT2D eigenvalue weighted by molar-refractivity contribution is -0.131. The molecule has 0 aliphatic carbocycles. The molecule has 1 rings (SSSR count). The predicted molar refractivity (Wildman–Crippen MR) is 75.8 cm³/mol. The molecule has 1 aromatic rings. The van der Waals surface area contributed by atoms with Gasteiger partial charge < -0.3 is 10.2 Å². The van der Waals surface area contributed by atoms with E-state index in [1.807, 2.05) is 20.8 Å². The highest BCUT2D eigenvalue weighted by atomic mass is 127. The van der Waals surface area contributed by atoms with Gasteiger partial charge >= 0.3 is 0 Å². The third-order valence-corrected chi connectivity index (χ3v) is 3.26. The van der Waals surface area contributed by atoms with Crippen LogP contribution in [0.4, 0.5) is 5.82 Å². The molecule has 0 bridgehead atoms. The number of anilines is 1. The number of likely N-dealkylation sites (N-methyl/N-ethyl adjacent to an activating group) is 1. The number of rotatable bonds is 5. The van der Waals surface area contributed by atoms with Gasteiger partial charge in [-0.1, -0.05) is 0 Å². The Kier molecular flexibility index (Phi) is 5.60. The first-order valence-electron chi connectivity index (χ1n) is 5.60. The van der Waals surface area contributed by atoms with E-state index in [2.05, 4.69) is 37.9 Å². The number of carbonyl (C=O) groups is 1. The van der Waals surface area contributed by atoms with E-state index in [1.165, 1.54) is 6.33 Å².